The lowest BCUT2D eigenvalue weighted by atomic mass is 9.89. The van der Waals surface area contributed by atoms with Crippen molar-refractivity contribution in [2.45, 2.75) is 71.1 Å². The van der Waals surface area contributed by atoms with Gasteiger partial charge in [0.25, 0.3) is 11.8 Å². The highest BCUT2D eigenvalue weighted by molar-refractivity contribution is 6.12. The third-order valence-electron chi connectivity index (χ3n) is 12.0. The van der Waals surface area contributed by atoms with Crippen LogP contribution in [0.15, 0.2) is 127 Å². The number of phenols is 1. The fraction of sp³-hybridized carbons (Fsp3) is 0.245. The Kier molecular flexibility index (Phi) is 9.70. The number of para-hydroxylation sites is 1. The molecule has 3 aliphatic heterocycles. The first kappa shape index (κ1) is 36.2. The number of amides is 3. The van der Waals surface area contributed by atoms with Crippen molar-refractivity contribution in [3.63, 3.8) is 0 Å². The van der Waals surface area contributed by atoms with Gasteiger partial charge < -0.3 is 19.5 Å². The van der Waals surface area contributed by atoms with Crippen LogP contribution in [0.3, 0.4) is 0 Å². The first-order chi connectivity index (χ1) is 27.8. The SMILES string of the molecule is C[C@@H]1Cc2ccccc2CN1C(=O)c1cc2c(cc1-c1cc(C(=O)N(c3ccccc3)c3ccc(O)cc3)c3n1CCCC3)CCN(C(=O)Cc1ccccc1)C2. The number of aromatic nitrogens is 1. The molecular weight excluding hydrogens is 709 g/mol. The molecule has 0 saturated heterocycles. The molecule has 0 spiro atoms. The molecular formula is C49H46N4O4. The van der Waals surface area contributed by atoms with E-state index >= 15 is 4.79 Å². The van der Waals surface area contributed by atoms with Crippen LogP contribution in [0.1, 0.15) is 74.0 Å². The van der Waals surface area contributed by atoms with Gasteiger partial charge in [-0.25, -0.2) is 0 Å². The molecule has 0 fully saturated rings. The molecule has 0 radical (unpaired) electrons. The van der Waals surface area contributed by atoms with Crippen molar-refractivity contribution in [1.82, 2.24) is 14.4 Å². The predicted molar refractivity (Wildman–Crippen MR) is 223 cm³/mol. The molecule has 8 heteroatoms. The Labute approximate surface area is 333 Å². The number of carbonyl (C=O) groups is 3. The van der Waals surface area contributed by atoms with Gasteiger partial charge in [0.15, 0.2) is 0 Å². The fourth-order valence-corrected chi connectivity index (χ4v) is 8.97. The summed E-state index contributed by atoms with van der Waals surface area (Å²) in [6.07, 6.45) is 4.45. The second kappa shape index (κ2) is 15.3. The molecule has 1 aromatic heterocycles. The van der Waals surface area contributed by atoms with Crippen LogP contribution in [0.4, 0.5) is 11.4 Å². The van der Waals surface area contributed by atoms with Gasteiger partial charge in [-0.1, -0.05) is 72.8 Å². The molecule has 6 aromatic rings. The molecule has 3 amide bonds. The quantitative estimate of drug-likeness (QED) is 0.177. The molecule has 0 saturated carbocycles. The standard InChI is InChI=1S/C49H46N4O4/c1-33-26-35-14-8-9-15-37(35)32-52(33)48(56)43-29-38-31-50(47(55)27-34-12-4-2-5-13-34)25-23-36(38)28-42(43)46-30-44(45-18-10-11-24-51(45)46)49(57)53(39-16-6-3-7-17-39)40-19-21-41(54)22-20-40/h2-9,12-17,19-22,28-30,33,54H,10-11,18,23-27,31-32H2,1H3/t33-/m1/s1. The minimum atomic E-state index is -0.163. The lowest BCUT2D eigenvalue weighted by Crippen LogP contribution is -2.43. The monoisotopic (exact) mass is 754 g/mol. The molecule has 1 atom stereocenters. The highest BCUT2D eigenvalue weighted by Crippen LogP contribution is 2.39. The summed E-state index contributed by atoms with van der Waals surface area (Å²) in [6.45, 7) is 4.41. The van der Waals surface area contributed by atoms with Gasteiger partial charge in [-0.05, 0) is 121 Å². The van der Waals surface area contributed by atoms with Crippen LogP contribution in [-0.4, -0.2) is 49.8 Å². The second-order valence-corrected chi connectivity index (χ2v) is 15.6. The predicted octanol–water partition coefficient (Wildman–Crippen LogP) is 8.89. The lowest BCUT2D eigenvalue weighted by Gasteiger charge is -2.36. The Hall–Kier alpha value is -6.41. The normalized spacial score (nSPS) is 16.0. The van der Waals surface area contributed by atoms with Crippen LogP contribution in [0.5, 0.6) is 5.75 Å². The van der Waals surface area contributed by atoms with Crippen molar-refractivity contribution in [3.8, 4) is 17.0 Å². The van der Waals surface area contributed by atoms with Gasteiger partial charge in [-0.3, -0.25) is 19.3 Å². The van der Waals surface area contributed by atoms with Gasteiger partial charge in [0, 0.05) is 66.1 Å². The number of hydrogen-bond acceptors (Lipinski definition) is 4. The summed E-state index contributed by atoms with van der Waals surface area (Å²) in [5.41, 5.74) is 10.8. The van der Waals surface area contributed by atoms with Crippen LogP contribution >= 0.6 is 0 Å². The summed E-state index contributed by atoms with van der Waals surface area (Å²) in [6, 6.07) is 40.7. The van der Waals surface area contributed by atoms with E-state index in [2.05, 4.69) is 35.8 Å². The summed E-state index contributed by atoms with van der Waals surface area (Å²) in [7, 11) is 0. The van der Waals surface area contributed by atoms with Gasteiger partial charge in [-0.15, -0.1) is 0 Å². The number of fused-ring (bicyclic) bond motifs is 3. The fourth-order valence-electron chi connectivity index (χ4n) is 8.97. The van der Waals surface area contributed by atoms with E-state index in [-0.39, 0.29) is 29.5 Å². The molecule has 0 bridgehead atoms. The van der Waals surface area contributed by atoms with E-state index in [0.29, 0.717) is 49.3 Å². The zero-order valence-electron chi connectivity index (χ0n) is 32.2. The van der Waals surface area contributed by atoms with Crippen LogP contribution in [-0.2, 0) is 50.1 Å². The summed E-state index contributed by atoms with van der Waals surface area (Å²) in [4.78, 5) is 49.3. The molecule has 5 aromatic carbocycles. The minimum absolute atomic E-state index is 0.0108. The van der Waals surface area contributed by atoms with E-state index < -0.39 is 0 Å². The molecule has 57 heavy (non-hydrogen) atoms. The average molecular weight is 755 g/mol. The molecule has 3 aliphatic rings. The van der Waals surface area contributed by atoms with Gasteiger partial charge in [-0.2, -0.15) is 0 Å². The van der Waals surface area contributed by atoms with E-state index in [1.165, 1.54) is 5.56 Å². The summed E-state index contributed by atoms with van der Waals surface area (Å²) < 4.78 is 2.27. The third kappa shape index (κ3) is 7.01. The van der Waals surface area contributed by atoms with Crippen molar-refractivity contribution < 1.29 is 19.5 Å². The topological polar surface area (TPSA) is 86.1 Å². The van der Waals surface area contributed by atoms with Crippen molar-refractivity contribution in [2.24, 2.45) is 0 Å². The Morgan fingerprint density at radius 2 is 1.39 bits per heavy atom. The Bertz CT molecular complexity index is 2470. The number of benzene rings is 5. The summed E-state index contributed by atoms with van der Waals surface area (Å²) in [5.74, 6) is -0.00625. The number of nitrogens with zero attached hydrogens (tertiary/aromatic N) is 4. The van der Waals surface area contributed by atoms with Gasteiger partial charge >= 0.3 is 0 Å². The lowest BCUT2D eigenvalue weighted by molar-refractivity contribution is -0.131. The summed E-state index contributed by atoms with van der Waals surface area (Å²) >= 11 is 0. The van der Waals surface area contributed by atoms with Gasteiger partial charge in [0.2, 0.25) is 5.91 Å². The van der Waals surface area contributed by atoms with Crippen molar-refractivity contribution in [2.75, 3.05) is 11.4 Å². The molecule has 9 rings (SSSR count). The second-order valence-electron chi connectivity index (χ2n) is 15.6. The first-order valence-corrected chi connectivity index (χ1v) is 20.1. The zero-order chi connectivity index (χ0) is 39.0. The van der Waals surface area contributed by atoms with Crippen LogP contribution in [0.25, 0.3) is 11.3 Å². The van der Waals surface area contributed by atoms with E-state index in [4.69, 9.17) is 0 Å². The Morgan fingerprint density at radius 3 is 2.16 bits per heavy atom. The highest BCUT2D eigenvalue weighted by atomic mass is 16.3. The number of phenolic OH excluding ortho intramolecular Hbond substituents is 1. The summed E-state index contributed by atoms with van der Waals surface area (Å²) in [5, 5.41) is 10.1. The van der Waals surface area contributed by atoms with Gasteiger partial charge in [0.1, 0.15) is 5.75 Å². The number of carbonyl (C=O) groups excluding carboxylic acids is 3. The van der Waals surface area contributed by atoms with Crippen LogP contribution < -0.4 is 4.90 Å². The maximum Gasteiger partial charge on any atom is 0.264 e. The average Bonchev–Trinajstić information content (AvgIpc) is 3.63. The third-order valence-corrected chi connectivity index (χ3v) is 12.0. The number of aromatic hydroxyl groups is 1. The number of hydrogen-bond donors (Lipinski definition) is 1. The minimum Gasteiger partial charge on any atom is -0.508 e. The molecule has 4 heterocycles. The highest BCUT2D eigenvalue weighted by Gasteiger charge is 2.34. The van der Waals surface area contributed by atoms with Crippen LogP contribution in [0.2, 0.25) is 0 Å². The number of anilines is 2. The maximum atomic E-state index is 15.1. The molecule has 0 aliphatic carbocycles. The van der Waals surface area contributed by atoms with Crippen LogP contribution in [0, 0.1) is 0 Å². The Balaban J connectivity index is 1.15. The molecule has 286 valence electrons. The maximum absolute atomic E-state index is 15.1. The Morgan fingerprint density at radius 1 is 0.684 bits per heavy atom. The van der Waals surface area contributed by atoms with Gasteiger partial charge in [0.05, 0.1) is 12.0 Å². The molecule has 0 unspecified atom stereocenters. The first-order valence-electron chi connectivity index (χ1n) is 20.1. The smallest absolute Gasteiger partial charge is 0.264 e. The largest absolute Gasteiger partial charge is 0.508 e. The van der Waals surface area contributed by atoms with Crippen molar-refractivity contribution >= 4 is 29.1 Å². The number of rotatable bonds is 7. The molecule has 8 nitrogen and oxygen atoms in total. The van der Waals surface area contributed by atoms with E-state index in [1.807, 2.05) is 88.7 Å². The van der Waals surface area contributed by atoms with E-state index in [0.717, 1.165) is 77.1 Å². The zero-order valence-corrected chi connectivity index (χ0v) is 32.2. The van der Waals surface area contributed by atoms with E-state index in [9.17, 15) is 14.7 Å². The molecule has 1 N–H and O–H groups in total. The van der Waals surface area contributed by atoms with E-state index in [1.54, 1.807) is 29.2 Å². The van der Waals surface area contributed by atoms with Crippen molar-refractivity contribution in [3.05, 3.63) is 172 Å². The van der Waals surface area contributed by atoms with Crippen molar-refractivity contribution in [1.29, 1.82) is 0 Å².